The molecule has 0 saturated carbocycles. The van der Waals surface area contributed by atoms with Gasteiger partial charge in [0, 0.05) is 24.3 Å². The van der Waals surface area contributed by atoms with E-state index in [9.17, 15) is 24.6 Å². The fraction of sp³-hybridized carbons (Fsp3) is 0.639. The van der Waals surface area contributed by atoms with Crippen LogP contribution in [-0.2, 0) is 30.3 Å². The molecule has 3 aliphatic rings. The predicted molar refractivity (Wildman–Crippen MR) is 168 cm³/mol. The first kappa shape index (κ1) is 34.1. The van der Waals surface area contributed by atoms with Gasteiger partial charge in [0.1, 0.15) is 12.1 Å². The van der Waals surface area contributed by atoms with Gasteiger partial charge in [-0.25, -0.2) is 4.79 Å². The summed E-state index contributed by atoms with van der Waals surface area (Å²) in [5, 5.41) is 23.0. The highest BCUT2D eigenvalue weighted by molar-refractivity contribution is 6.09. The van der Waals surface area contributed by atoms with Crippen molar-refractivity contribution >= 4 is 17.7 Å². The lowest BCUT2D eigenvalue weighted by molar-refractivity contribution is -0.237. The number of ether oxygens (including phenoxy) is 2. The van der Waals surface area contributed by atoms with Gasteiger partial charge in [0.2, 0.25) is 5.78 Å². The summed E-state index contributed by atoms with van der Waals surface area (Å²) in [7, 11) is 0. The molecule has 1 amide bonds. The van der Waals surface area contributed by atoms with Crippen molar-refractivity contribution in [2.24, 2.45) is 23.7 Å². The largest absolute Gasteiger partial charge is 0.456 e. The summed E-state index contributed by atoms with van der Waals surface area (Å²) in [5.74, 6) is -6.05. The van der Waals surface area contributed by atoms with Crippen LogP contribution in [0.3, 0.4) is 0 Å². The summed E-state index contributed by atoms with van der Waals surface area (Å²) in [6.45, 7) is 7.77. The Hall–Kier alpha value is -2.81. The second-order valence-electron chi connectivity index (χ2n) is 13.1. The van der Waals surface area contributed by atoms with Crippen LogP contribution >= 0.6 is 0 Å². The number of fused-ring (bicyclic) bond motifs is 3. The van der Waals surface area contributed by atoms with Crippen LogP contribution in [0.2, 0.25) is 0 Å². The van der Waals surface area contributed by atoms with Gasteiger partial charge in [0.25, 0.3) is 5.91 Å². The SMILES string of the molecule is CCC(Cc1ccccc1)[C@@H]1/C=C/C/C=C/C[C@@H](C)[C@H](O)[C@@H](C)[C@@H]2CC[C@@H](C)C(=O)C(O)(O2)C(=O)N2CCCCC2C(=O)O1. The van der Waals surface area contributed by atoms with Gasteiger partial charge < -0.3 is 24.6 Å². The lowest BCUT2D eigenvalue weighted by atomic mass is 9.85. The van der Waals surface area contributed by atoms with Crippen molar-refractivity contribution in [2.45, 2.75) is 116 Å². The number of piperidine rings is 1. The average molecular weight is 610 g/mol. The van der Waals surface area contributed by atoms with E-state index in [4.69, 9.17) is 9.47 Å². The molecule has 0 radical (unpaired) electrons. The van der Waals surface area contributed by atoms with Gasteiger partial charge in [-0.2, -0.15) is 0 Å². The van der Waals surface area contributed by atoms with Gasteiger partial charge in [-0.15, -0.1) is 0 Å². The van der Waals surface area contributed by atoms with Crippen LogP contribution in [0.15, 0.2) is 54.6 Å². The molecular formula is C36H51NO7. The van der Waals surface area contributed by atoms with Crippen LogP contribution in [0, 0.1) is 23.7 Å². The minimum absolute atomic E-state index is 0.00846. The Morgan fingerprint density at radius 1 is 1.00 bits per heavy atom. The summed E-state index contributed by atoms with van der Waals surface area (Å²) in [6, 6.07) is 9.15. The Kier molecular flexibility index (Phi) is 12.0. The van der Waals surface area contributed by atoms with Crippen molar-refractivity contribution in [1.29, 1.82) is 0 Å². The smallest absolute Gasteiger partial charge is 0.329 e. The minimum atomic E-state index is -2.74. The number of esters is 1. The standard InChI is InChI=1S/C36H51NO7/c1-5-28(23-27-16-10-8-11-17-27)31-19-12-7-6-9-15-24(2)32(38)26(4)30-21-20-25(3)33(39)36(42,44-30)35(41)37-22-14-13-18-29(37)34(40)43-31/h6,8-12,16-17,19,24-26,28-32,38,42H,5,7,13-15,18,20-23H2,1-4H3/b9-6+,19-12+/t24-,25-,26+,28?,29?,30+,31+,32+,36?/m1/s1. The molecule has 1 aromatic rings. The first-order valence-corrected chi connectivity index (χ1v) is 16.6. The van der Waals surface area contributed by atoms with Gasteiger partial charge in [0.05, 0.1) is 12.2 Å². The molecule has 1 aromatic carbocycles. The lowest BCUT2D eigenvalue weighted by Gasteiger charge is -2.40. The van der Waals surface area contributed by atoms with Gasteiger partial charge >= 0.3 is 11.8 Å². The highest BCUT2D eigenvalue weighted by Gasteiger charge is 2.55. The average Bonchev–Trinajstić information content (AvgIpc) is 3.15. The van der Waals surface area contributed by atoms with Crippen molar-refractivity contribution in [2.75, 3.05) is 6.54 Å². The number of hydrogen-bond acceptors (Lipinski definition) is 7. The fourth-order valence-corrected chi connectivity index (χ4v) is 6.85. The van der Waals surface area contributed by atoms with Gasteiger partial charge in [0.15, 0.2) is 0 Å². The Labute approximate surface area is 262 Å². The number of aliphatic hydroxyl groups excluding tert-OH is 1. The molecule has 3 aliphatic heterocycles. The molecule has 0 spiro atoms. The Morgan fingerprint density at radius 2 is 1.75 bits per heavy atom. The number of cyclic esters (lactones) is 1. The number of rotatable bonds is 4. The highest BCUT2D eigenvalue weighted by Crippen LogP contribution is 2.35. The van der Waals surface area contributed by atoms with E-state index in [1.54, 1.807) is 6.92 Å². The zero-order chi connectivity index (χ0) is 31.9. The second kappa shape index (κ2) is 15.5. The maximum absolute atomic E-state index is 14.2. The van der Waals surface area contributed by atoms with Crippen molar-refractivity contribution in [3.8, 4) is 0 Å². The molecule has 2 bridgehead atoms. The van der Waals surface area contributed by atoms with Crippen molar-refractivity contribution in [3.05, 3.63) is 60.2 Å². The van der Waals surface area contributed by atoms with Crippen molar-refractivity contribution in [3.63, 3.8) is 0 Å². The van der Waals surface area contributed by atoms with E-state index in [0.717, 1.165) is 18.4 Å². The van der Waals surface area contributed by atoms with E-state index in [1.807, 2.05) is 56.4 Å². The summed E-state index contributed by atoms with van der Waals surface area (Å²) >= 11 is 0. The van der Waals surface area contributed by atoms with Crippen LogP contribution in [-0.4, -0.2) is 69.5 Å². The van der Waals surface area contributed by atoms with Crippen molar-refractivity contribution in [1.82, 2.24) is 4.90 Å². The van der Waals surface area contributed by atoms with Crippen LogP contribution in [0.1, 0.15) is 84.6 Å². The topological polar surface area (TPSA) is 113 Å². The molecule has 2 N–H and O–H groups in total. The van der Waals surface area contributed by atoms with E-state index < -0.39 is 59.6 Å². The van der Waals surface area contributed by atoms with Crippen LogP contribution in [0.4, 0.5) is 0 Å². The number of carbonyl (C=O) groups is 3. The molecular weight excluding hydrogens is 558 g/mol. The number of carbonyl (C=O) groups excluding carboxylic acids is 3. The summed E-state index contributed by atoms with van der Waals surface area (Å²) in [4.78, 5) is 42.9. The van der Waals surface area contributed by atoms with Crippen molar-refractivity contribution < 1.29 is 34.1 Å². The summed E-state index contributed by atoms with van der Waals surface area (Å²) in [6.07, 6.45) is 11.3. The van der Waals surface area contributed by atoms with E-state index >= 15 is 0 Å². The normalized spacial score (nSPS) is 36.6. The molecule has 44 heavy (non-hydrogen) atoms. The van der Waals surface area contributed by atoms with Gasteiger partial charge in [-0.3, -0.25) is 9.59 Å². The van der Waals surface area contributed by atoms with Crippen LogP contribution in [0.5, 0.6) is 0 Å². The maximum atomic E-state index is 14.2. The molecule has 8 nitrogen and oxygen atoms in total. The molecule has 4 rings (SSSR count). The number of amides is 1. The Morgan fingerprint density at radius 3 is 2.48 bits per heavy atom. The quantitative estimate of drug-likeness (QED) is 0.275. The first-order chi connectivity index (χ1) is 21.1. The highest BCUT2D eigenvalue weighted by atomic mass is 16.6. The molecule has 3 heterocycles. The van der Waals surface area contributed by atoms with E-state index in [2.05, 4.69) is 19.1 Å². The molecule has 0 aromatic heterocycles. The number of allylic oxidation sites excluding steroid dienone is 3. The molecule has 8 heteroatoms. The number of hydrogen-bond donors (Lipinski definition) is 2. The van der Waals surface area contributed by atoms with Gasteiger partial charge in [-0.1, -0.05) is 76.3 Å². The number of ketones is 1. The maximum Gasteiger partial charge on any atom is 0.329 e. The van der Waals surface area contributed by atoms with Gasteiger partial charge in [-0.05, 0) is 75.3 Å². The monoisotopic (exact) mass is 609 g/mol. The van der Waals surface area contributed by atoms with Crippen LogP contribution in [0.25, 0.3) is 0 Å². The third kappa shape index (κ3) is 7.88. The van der Waals surface area contributed by atoms with E-state index in [0.29, 0.717) is 44.9 Å². The fourth-order valence-electron chi connectivity index (χ4n) is 6.85. The second-order valence-corrected chi connectivity index (χ2v) is 13.1. The van der Waals surface area contributed by atoms with E-state index in [-0.39, 0.29) is 18.4 Å². The van der Waals surface area contributed by atoms with Crippen LogP contribution < -0.4 is 0 Å². The molecule has 2 saturated heterocycles. The molecule has 2 fully saturated rings. The Bertz CT molecular complexity index is 1180. The Balaban J connectivity index is 1.71. The number of benzene rings is 1. The zero-order valence-corrected chi connectivity index (χ0v) is 26.8. The molecule has 0 aliphatic carbocycles. The zero-order valence-electron chi connectivity index (χ0n) is 26.8. The lowest BCUT2D eigenvalue weighted by Crippen LogP contribution is -2.62. The predicted octanol–water partition coefficient (Wildman–Crippen LogP) is 5.16. The number of nitrogens with zero attached hydrogens (tertiary/aromatic N) is 1. The molecule has 242 valence electrons. The third-order valence-corrected chi connectivity index (χ3v) is 9.88. The minimum Gasteiger partial charge on any atom is -0.456 e. The summed E-state index contributed by atoms with van der Waals surface area (Å²) < 4.78 is 12.3. The number of Topliss-reactive ketones (excluding diaryl/α,β-unsaturated/α-hetero) is 1. The number of aliphatic hydroxyl groups is 2. The summed E-state index contributed by atoms with van der Waals surface area (Å²) in [5.41, 5.74) is 1.15. The molecule has 3 unspecified atom stereocenters. The molecule has 9 atom stereocenters. The van der Waals surface area contributed by atoms with E-state index in [1.165, 1.54) is 4.90 Å². The third-order valence-electron chi connectivity index (χ3n) is 9.88. The first-order valence-electron chi connectivity index (χ1n) is 16.6.